The first kappa shape index (κ1) is 17.0. The summed E-state index contributed by atoms with van der Waals surface area (Å²) in [6, 6.07) is 12.7. The topological polar surface area (TPSA) is 55.1 Å². The molecule has 122 valence electrons. The van der Waals surface area contributed by atoms with E-state index in [0.29, 0.717) is 11.1 Å². The summed E-state index contributed by atoms with van der Waals surface area (Å²) >= 11 is 0. The van der Waals surface area contributed by atoms with Crippen molar-refractivity contribution in [1.82, 2.24) is 5.32 Å². The van der Waals surface area contributed by atoms with E-state index in [-0.39, 0.29) is 6.04 Å². The van der Waals surface area contributed by atoms with Crippen molar-refractivity contribution in [3.05, 3.63) is 71.3 Å². The van der Waals surface area contributed by atoms with E-state index in [1.54, 1.807) is 31.2 Å². The van der Waals surface area contributed by atoms with Crippen LogP contribution in [0.1, 0.15) is 35.7 Å². The Labute approximate surface area is 132 Å². The fraction of sp³-hybridized carbons (Fsp3) is 0.235. The zero-order chi connectivity index (χ0) is 17.0. The molecular formula is C17H17F3N2O. The van der Waals surface area contributed by atoms with Crippen LogP contribution >= 0.6 is 0 Å². The van der Waals surface area contributed by atoms with Gasteiger partial charge in [0.25, 0.3) is 0 Å². The third-order valence-electron chi connectivity index (χ3n) is 3.57. The van der Waals surface area contributed by atoms with Crippen LogP contribution in [0.5, 0.6) is 0 Å². The number of alkyl halides is 3. The number of hydrogen-bond acceptors (Lipinski definition) is 2. The number of benzene rings is 2. The number of amides is 1. The Morgan fingerprint density at radius 1 is 1.00 bits per heavy atom. The van der Waals surface area contributed by atoms with Crippen molar-refractivity contribution < 1.29 is 18.0 Å². The summed E-state index contributed by atoms with van der Waals surface area (Å²) in [6.45, 7) is 1.77. The highest BCUT2D eigenvalue weighted by molar-refractivity contribution is 5.81. The number of rotatable bonds is 5. The molecule has 2 aromatic carbocycles. The SMILES string of the molecule is CC(NC(C(N)=O)c1ccccc1)c1ccc(C(F)(F)F)cc1. The van der Waals surface area contributed by atoms with Gasteiger partial charge in [-0.2, -0.15) is 13.2 Å². The molecule has 0 aromatic heterocycles. The number of carbonyl (C=O) groups is 1. The first-order chi connectivity index (χ1) is 10.8. The fourth-order valence-electron chi connectivity index (χ4n) is 2.30. The van der Waals surface area contributed by atoms with Crippen molar-refractivity contribution in [3.8, 4) is 0 Å². The van der Waals surface area contributed by atoms with Gasteiger partial charge < -0.3 is 5.73 Å². The summed E-state index contributed by atoms with van der Waals surface area (Å²) in [5.41, 5.74) is 6.07. The molecule has 0 saturated heterocycles. The first-order valence-corrected chi connectivity index (χ1v) is 7.06. The summed E-state index contributed by atoms with van der Waals surface area (Å²) < 4.78 is 37.7. The van der Waals surface area contributed by atoms with E-state index in [1.807, 2.05) is 6.07 Å². The minimum atomic E-state index is -4.37. The van der Waals surface area contributed by atoms with Crippen molar-refractivity contribution in [2.45, 2.75) is 25.2 Å². The van der Waals surface area contributed by atoms with Crippen LogP contribution in [0.15, 0.2) is 54.6 Å². The second-order valence-corrected chi connectivity index (χ2v) is 5.25. The molecule has 3 nitrogen and oxygen atoms in total. The second kappa shape index (κ2) is 6.83. The van der Waals surface area contributed by atoms with Gasteiger partial charge in [0.1, 0.15) is 6.04 Å². The molecule has 2 rings (SSSR count). The average Bonchev–Trinajstić information content (AvgIpc) is 2.52. The number of halogens is 3. The van der Waals surface area contributed by atoms with Gasteiger partial charge in [-0.15, -0.1) is 0 Å². The third kappa shape index (κ3) is 4.32. The van der Waals surface area contributed by atoms with Crippen molar-refractivity contribution in [3.63, 3.8) is 0 Å². The smallest absolute Gasteiger partial charge is 0.368 e. The Balaban J connectivity index is 2.16. The quantitative estimate of drug-likeness (QED) is 0.884. The van der Waals surface area contributed by atoms with Gasteiger partial charge in [0.15, 0.2) is 0 Å². The Morgan fingerprint density at radius 2 is 1.57 bits per heavy atom. The zero-order valence-electron chi connectivity index (χ0n) is 12.5. The monoisotopic (exact) mass is 322 g/mol. The van der Waals surface area contributed by atoms with Crippen LogP contribution in [0, 0.1) is 0 Å². The van der Waals surface area contributed by atoms with Crippen molar-refractivity contribution >= 4 is 5.91 Å². The zero-order valence-corrected chi connectivity index (χ0v) is 12.5. The lowest BCUT2D eigenvalue weighted by Gasteiger charge is -2.22. The largest absolute Gasteiger partial charge is 0.416 e. The lowest BCUT2D eigenvalue weighted by Crippen LogP contribution is -2.35. The molecule has 23 heavy (non-hydrogen) atoms. The van der Waals surface area contributed by atoms with Gasteiger partial charge in [0.2, 0.25) is 5.91 Å². The van der Waals surface area contributed by atoms with Crippen LogP contribution in [0.4, 0.5) is 13.2 Å². The standard InChI is InChI=1S/C17H17F3N2O/c1-11(12-7-9-14(10-8-12)17(18,19)20)22-15(16(21)23)13-5-3-2-4-6-13/h2-11,15,22H,1H3,(H2,21,23). The molecule has 0 radical (unpaired) electrons. The van der Waals surface area contributed by atoms with Gasteiger partial charge in [-0.25, -0.2) is 0 Å². The van der Waals surface area contributed by atoms with E-state index in [9.17, 15) is 18.0 Å². The van der Waals surface area contributed by atoms with Crippen LogP contribution in [-0.2, 0) is 11.0 Å². The molecule has 1 amide bonds. The van der Waals surface area contributed by atoms with E-state index < -0.39 is 23.7 Å². The van der Waals surface area contributed by atoms with Crippen molar-refractivity contribution in [2.75, 3.05) is 0 Å². The van der Waals surface area contributed by atoms with Crippen LogP contribution < -0.4 is 11.1 Å². The molecule has 0 saturated carbocycles. The number of hydrogen-bond donors (Lipinski definition) is 2. The molecule has 0 bridgehead atoms. The van der Waals surface area contributed by atoms with Gasteiger partial charge >= 0.3 is 6.18 Å². The van der Waals surface area contributed by atoms with Gasteiger partial charge in [-0.3, -0.25) is 10.1 Å². The molecule has 0 spiro atoms. The summed E-state index contributed by atoms with van der Waals surface area (Å²) in [5, 5.41) is 3.05. The number of nitrogens with two attached hydrogens (primary N) is 1. The summed E-state index contributed by atoms with van der Waals surface area (Å²) in [7, 11) is 0. The molecule has 2 atom stereocenters. The minimum Gasteiger partial charge on any atom is -0.368 e. The Kier molecular flexibility index (Phi) is 5.05. The van der Waals surface area contributed by atoms with E-state index in [0.717, 1.165) is 12.1 Å². The van der Waals surface area contributed by atoms with Gasteiger partial charge in [0.05, 0.1) is 5.56 Å². The average molecular weight is 322 g/mol. The lowest BCUT2D eigenvalue weighted by atomic mass is 10.0. The van der Waals surface area contributed by atoms with E-state index in [1.165, 1.54) is 12.1 Å². The molecule has 2 unspecified atom stereocenters. The molecule has 6 heteroatoms. The van der Waals surface area contributed by atoms with Crippen LogP contribution in [0.2, 0.25) is 0 Å². The molecule has 0 heterocycles. The molecule has 0 aliphatic carbocycles. The Bertz CT molecular complexity index is 654. The number of primary amides is 1. The second-order valence-electron chi connectivity index (χ2n) is 5.25. The predicted octanol–water partition coefficient (Wildman–Crippen LogP) is 3.58. The highest BCUT2D eigenvalue weighted by Crippen LogP contribution is 2.30. The van der Waals surface area contributed by atoms with E-state index >= 15 is 0 Å². The minimum absolute atomic E-state index is 0.338. The van der Waals surface area contributed by atoms with E-state index in [2.05, 4.69) is 5.32 Å². The van der Waals surface area contributed by atoms with Gasteiger partial charge in [-0.1, -0.05) is 42.5 Å². The maximum absolute atomic E-state index is 12.6. The molecule has 0 aliphatic heterocycles. The van der Waals surface area contributed by atoms with E-state index in [4.69, 9.17) is 5.73 Å². The molecule has 2 aromatic rings. The summed E-state index contributed by atoms with van der Waals surface area (Å²) in [6.07, 6.45) is -4.37. The molecule has 3 N–H and O–H groups in total. The van der Waals surface area contributed by atoms with Gasteiger partial charge in [-0.05, 0) is 30.2 Å². The van der Waals surface area contributed by atoms with Gasteiger partial charge in [0, 0.05) is 6.04 Å². The predicted molar refractivity (Wildman–Crippen MR) is 81.4 cm³/mol. The lowest BCUT2D eigenvalue weighted by molar-refractivity contribution is -0.137. The molecule has 0 fully saturated rings. The normalized spacial score (nSPS) is 14.3. The number of nitrogens with one attached hydrogen (secondary N) is 1. The Morgan fingerprint density at radius 3 is 2.04 bits per heavy atom. The highest BCUT2D eigenvalue weighted by Gasteiger charge is 2.30. The van der Waals surface area contributed by atoms with Crippen molar-refractivity contribution in [1.29, 1.82) is 0 Å². The molecular weight excluding hydrogens is 305 g/mol. The summed E-state index contributed by atoms with van der Waals surface area (Å²) in [4.78, 5) is 11.7. The third-order valence-corrected chi connectivity index (χ3v) is 3.57. The maximum Gasteiger partial charge on any atom is 0.416 e. The molecule has 0 aliphatic rings. The van der Waals surface area contributed by atoms with Crippen LogP contribution in [0.25, 0.3) is 0 Å². The first-order valence-electron chi connectivity index (χ1n) is 7.06. The Hall–Kier alpha value is -2.34. The number of carbonyl (C=O) groups excluding carboxylic acids is 1. The van der Waals surface area contributed by atoms with Crippen molar-refractivity contribution in [2.24, 2.45) is 5.73 Å². The fourth-order valence-corrected chi connectivity index (χ4v) is 2.30. The highest BCUT2D eigenvalue weighted by atomic mass is 19.4. The summed E-state index contributed by atoms with van der Waals surface area (Å²) in [5.74, 6) is -0.546. The maximum atomic E-state index is 12.6. The van der Waals surface area contributed by atoms with Crippen LogP contribution in [0.3, 0.4) is 0 Å². The van der Waals surface area contributed by atoms with Crippen LogP contribution in [-0.4, -0.2) is 5.91 Å².